The van der Waals surface area contributed by atoms with E-state index in [1.165, 1.54) is 57.0 Å². The summed E-state index contributed by atoms with van der Waals surface area (Å²) >= 11 is 6.10. The summed E-state index contributed by atoms with van der Waals surface area (Å²) < 4.78 is 4.67. The molecule has 1 aromatic carbocycles. The van der Waals surface area contributed by atoms with Gasteiger partial charge in [-0.1, -0.05) is 30.9 Å². The van der Waals surface area contributed by atoms with Crippen LogP contribution in [-0.2, 0) is 4.74 Å². The molecule has 0 unspecified atom stereocenters. The van der Waals surface area contributed by atoms with Crippen molar-refractivity contribution in [2.45, 2.75) is 38.1 Å². The first-order valence-corrected chi connectivity index (χ1v) is 9.22. The molecule has 2 N–H and O–H groups in total. The molecule has 1 aliphatic carbocycles. The minimum atomic E-state index is -0.511. The van der Waals surface area contributed by atoms with Crippen molar-refractivity contribution in [3.05, 3.63) is 46.7 Å². The second-order valence-electron chi connectivity index (χ2n) is 6.41. The van der Waals surface area contributed by atoms with E-state index in [1.807, 2.05) is 0 Å². The van der Waals surface area contributed by atoms with E-state index in [-0.39, 0.29) is 0 Å². The summed E-state index contributed by atoms with van der Waals surface area (Å²) in [4.78, 5) is 32.5. The van der Waals surface area contributed by atoms with Crippen LogP contribution in [0.3, 0.4) is 0 Å². The molecule has 1 heterocycles. The van der Waals surface area contributed by atoms with Crippen molar-refractivity contribution < 1.29 is 14.3 Å². The third-order valence-corrected chi connectivity index (χ3v) is 4.82. The predicted octanol–water partition coefficient (Wildman–Crippen LogP) is 3.91. The Kier molecular flexibility index (Phi) is 6.24. The lowest BCUT2D eigenvalue weighted by Gasteiger charge is -2.22. The molecule has 27 heavy (non-hydrogen) atoms. The van der Waals surface area contributed by atoms with E-state index in [4.69, 9.17) is 11.6 Å². The number of nitrogens with one attached hydrogen (secondary N) is 2. The highest BCUT2D eigenvalue weighted by Gasteiger charge is 2.16. The predicted molar refractivity (Wildman–Crippen MR) is 103 cm³/mol. The smallest absolute Gasteiger partial charge is 0.337 e. The molecule has 1 aromatic heterocycles. The largest absolute Gasteiger partial charge is 0.465 e. The Morgan fingerprint density at radius 3 is 2.48 bits per heavy atom. The van der Waals surface area contributed by atoms with Crippen LogP contribution in [-0.4, -0.2) is 35.0 Å². The Labute approximate surface area is 162 Å². The van der Waals surface area contributed by atoms with Gasteiger partial charge in [-0.15, -0.1) is 0 Å². The summed E-state index contributed by atoms with van der Waals surface area (Å²) in [6, 6.07) is 4.90. The number of ether oxygens (including phenoxy) is 1. The van der Waals surface area contributed by atoms with Crippen molar-refractivity contribution in [1.29, 1.82) is 0 Å². The fourth-order valence-corrected chi connectivity index (χ4v) is 3.17. The molecular weight excluding hydrogens is 368 g/mol. The zero-order valence-electron chi connectivity index (χ0n) is 15.0. The van der Waals surface area contributed by atoms with Crippen molar-refractivity contribution in [3.63, 3.8) is 0 Å². The molecule has 0 aliphatic heterocycles. The van der Waals surface area contributed by atoms with Gasteiger partial charge in [-0.25, -0.2) is 14.8 Å². The quantitative estimate of drug-likeness (QED) is 0.754. The van der Waals surface area contributed by atoms with Crippen LogP contribution in [0.4, 0.5) is 11.6 Å². The lowest BCUT2D eigenvalue weighted by atomic mass is 9.96. The van der Waals surface area contributed by atoms with Crippen molar-refractivity contribution >= 4 is 35.1 Å². The maximum atomic E-state index is 12.4. The second kappa shape index (κ2) is 8.81. The molecule has 3 rings (SSSR count). The van der Waals surface area contributed by atoms with Crippen molar-refractivity contribution in [1.82, 2.24) is 9.97 Å². The average Bonchev–Trinajstić information content (AvgIpc) is 2.70. The fraction of sp³-hybridized carbons (Fsp3) is 0.368. The van der Waals surface area contributed by atoms with E-state index in [1.54, 1.807) is 0 Å². The first kappa shape index (κ1) is 19.1. The first-order chi connectivity index (χ1) is 13.1. The molecule has 8 heteroatoms. The number of methoxy groups -OCH3 is 1. The van der Waals surface area contributed by atoms with Crippen molar-refractivity contribution in [2.24, 2.45) is 0 Å². The highest BCUT2D eigenvalue weighted by molar-refractivity contribution is 6.34. The van der Waals surface area contributed by atoms with Crippen LogP contribution < -0.4 is 10.6 Å². The summed E-state index contributed by atoms with van der Waals surface area (Å²) in [6.45, 7) is 0. The third-order valence-electron chi connectivity index (χ3n) is 4.49. The van der Waals surface area contributed by atoms with Gasteiger partial charge in [-0.3, -0.25) is 4.79 Å². The number of benzene rings is 1. The molecule has 2 aromatic rings. The third kappa shape index (κ3) is 4.95. The number of halogens is 1. The van der Waals surface area contributed by atoms with E-state index in [2.05, 4.69) is 25.3 Å². The number of nitrogens with zero attached hydrogens (tertiary/aromatic N) is 2. The van der Waals surface area contributed by atoms with Crippen LogP contribution in [0.25, 0.3) is 0 Å². The average molecular weight is 389 g/mol. The van der Waals surface area contributed by atoms with Gasteiger partial charge >= 0.3 is 5.97 Å². The second-order valence-corrected chi connectivity index (χ2v) is 6.82. The number of carbonyl (C=O) groups is 2. The molecule has 142 valence electrons. The minimum absolute atomic E-state index is 0.292. The van der Waals surface area contributed by atoms with Gasteiger partial charge in [-0.2, -0.15) is 0 Å². The molecule has 0 radical (unpaired) electrons. The summed E-state index contributed by atoms with van der Waals surface area (Å²) in [5.41, 5.74) is 0.901. The van der Waals surface area contributed by atoms with Crippen molar-refractivity contribution in [3.8, 4) is 0 Å². The van der Waals surface area contributed by atoms with E-state index in [0.29, 0.717) is 33.8 Å². The summed E-state index contributed by atoms with van der Waals surface area (Å²) in [5, 5.41) is 6.29. The van der Waals surface area contributed by atoms with Crippen LogP contribution in [0.1, 0.15) is 52.8 Å². The van der Waals surface area contributed by atoms with Crippen LogP contribution >= 0.6 is 11.6 Å². The molecule has 1 fully saturated rings. The molecule has 0 spiro atoms. The van der Waals surface area contributed by atoms with Gasteiger partial charge in [0, 0.05) is 18.4 Å². The lowest BCUT2D eigenvalue weighted by molar-refractivity contribution is 0.0600. The fourth-order valence-electron chi connectivity index (χ4n) is 3.01. The van der Waals surface area contributed by atoms with E-state index >= 15 is 0 Å². The van der Waals surface area contributed by atoms with Gasteiger partial charge in [0.15, 0.2) is 0 Å². The van der Waals surface area contributed by atoms with Crippen LogP contribution in [0.15, 0.2) is 30.6 Å². The van der Waals surface area contributed by atoms with Gasteiger partial charge in [0.05, 0.1) is 28.9 Å². The number of hydrogen-bond donors (Lipinski definition) is 2. The number of carbonyl (C=O) groups excluding carboxylic acids is 2. The summed E-state index contributed by atoms with van der Waals surface area (Å²) in [7, 11) is 1.29. The number of aromatic nitrogens is 2. The normalized spacial score (nSPS) is 14.4. The van der Waals surface area contributed by atoms with Crippen molar-refractivity contribution in [2.75, 3.05) is 17.7 Å². The van der Waals surface area contributed by atoms with Crippen LogP contribution in [0.5, 0.6) is 0 Å². The molecule has 1 saturated carbocycles. The highest BCUT2D eigenvalue weighted by atomic mass is 35.5. The Morgan fingerprint density at radius 1 is 1.11 bits per heavy atom. The van der Waals surface area contributed by atoms with E-state index in [0.717, 1.165) is 12.8 Å². The topological polar surface area (TPSA) is 93.2 Å². The molecular formula is C19H21ClN4O3. The zero-order chi connectivity index (χ0) is 19.2. The number of hydrogen-bond acceptors (Lipinski definition) is 6. The number of amides is 1. The summed E-state index contributed by atoms with van der Waals surface area (Å²) in [5.74, 6) is -0.407. The molecule has 1 aliphatic rings. The number of rotatable bonds is 5. The van der Waals surface area contributed by atoms with Crippen LogP contribution in [0.2, 0.25) is 5.02 Å². The van der Waals surface area contributed by atoms with Gasteiger partial charge in [0.1, 0.15) is 0 Å². The zero-order valence-corrected chi connectivity index (χ0v) is 15.8. The highest BCUT2D eigenvalue weighted by Crippen LogP contribution is 2.24. The Bertz CT molecular complexity index is 820. The maximum Gasteiger partial charge on any atom is 0.337 e. The van der Waals surface area contributed by atoms with Gasteiger partial charge in [0.2, 0.25) is 5.95 Å². The lowest BCUT2D eigenvalue weighted by Crippen LogP contribution is -2.23. The number of esters is 1. The molecule has 1 amide bonds. The minimum Gasteiger partial charge on any atom is -0.465 e. The monoisotopic (exact) mass is 388 g/mol. The van der Waals surface area contributed by atoms with Crippen LogP contribution in [0, 0.1) is 0 Å². The SMILES string of the molecule is COC(=O)c1ccc(Cl)c(NC(=O)c2cnc(NC3CCCCC3)nc2)c1. The molecule has 0 bridgehead atoms. The summed E-state index contributed by atoms with van der Waals surface area (Å²) in [6.07, 6.45) is 8.85. The Hall–Kier alpha value is -2.67. The van der Waals surface area contributed by atoms with Gasteiger partial charge in [0.25, 0.3) is 5.91 Å². The van der Waals surface area contributed by atoms with Gasteiger partial charge in [-0.05, 0) is 31.0 Å². The first-order valence-electron chi connectivity index (χ1n) is 8.84. The van der Waals surface area contributed by atoms with E-state index in [9.17, 15) is 9.59 Å². The maximum absolute atomic E-state index is 12.4. The molecule has 0 atom stereocenters. The standard InChI is InChI=1S/C19H21ClN4O3/c1-27-18(26)12-7-8-15(20)16(9-12)24-17(25)13-10-21-19(22-11-13)23-14-5-3-2-4-6-14/h7-11,14H,2-6H2,1H3,(H,24,25)(H,21,22,23). The molecule has 0 saturated heterocycles. The van der Waals surface area contributed by atoms with Gasteiger partial charge < -0.3 is 15.4 Å². The molecule has 7 nitrogen and oxygen atoms in total. The number of anilines is 2. The Morgan fingerprint density at radius 2 is 1.81 bits per heavy atom. The Balaban J connectivity index is 1.66. The van der Waals surface area contributed by atoms with E-state index < -0.39 is 11.9 Å².